The van der Waals surface area contributed by atoms with Crippen LogP contribution in [-0.2, 0) is 19.5 Å². The molecule has 0 bridgehead atoms. The number of nitro groups is 1. The predicted octanol–water partition coefficient (Wildman–Crippen LogP) is -0.914. The lowest BCUT2D eigenvalue weighted by atomic mass is 11.8. The van der Waals surface area contributed by atoms with Crippen LogP contribution in [0.25, 0.3) is 0 Å². The summed E-state index contributed by atoms with van der Waals surface area (Å²) >= 11 is 0. The highest BCUT2D eigenvalue weighted by molar-refractivity contribution is 7.80. The normalized spacial score (nSPS) is 11.2. The molecule has 0 aliphatic heterocycles. The van der Waals surface area contributed by atoms with Crippen molar-refractivity contribution < 1.29 is 22.0 Å². The molecular weight excluding hydrogens is 154 g/mol. The summed E-state index contributed by atoms with van der Waals surface area (Å²) in [7, 11) is -3.90. The van der Waals surface area contributed by atoms with E-state index in [1.54, 1.807) is 0 Å². The van der Waals surface area contributed by atoms with Crippen LogP contribution in [0.4, 0.5) is 0 Å². The summed E-state index contributed by atoms with van der Waals surface area (Å²) in [6.45, 7) is 0. The second kappa shape index (κ2) is 2.71. The van der Waals surface area contributed by atoms with E-state index in [1.807, 2.05) is 0 Å². The molecule has 9 heavy (non-hydrogen) atoms. The molecule has 8 heteroatoms. The molecule has 0 saturated heterocycles. The summed E-state index contributed by atoms with van der Waals surface area (Å²) in [4.78, 5) is 13.0. The van der Waals surface area contributed by atoms with Crippen molar-refractivity contribution in [2.24, 2.45) is 0 Å². The molecule has 0 N–H and O–H groups in total. The van der Waals surface area contributed by atoms with Gasteiger partial charge in [-0.25, -0.2) is 15.0 Å². The zero-order valence-electron chi connectivity index (χ0n) is 4.30. The molecule has 0 aliphatic carbocycles. The lowest BCUT2D eigenvalue weighted by Gasteiger charge is -1.88. The van der Waals surface area contributed by atoms with Crippen molar-refractivity contribution in [2.45, 2.75) is 0 Å². The molecule has 0 aromatic heterocycles. The molecule has 0 saturated carbocycles. The maximum atomic E-state index is 9.88. The minimum absolute atomic E-state index is 0.848. The van der Waals surface area contributed by atoms with Crippen LogP contribution in [0.1, 0.15) is 0 Å². The van der Waals surface area contributed by atoms with Gasteiger partial charge in [0.2, 0.25) is 0 Å². The van der Waals surface area contributed by atoms with Gasteiger partial charge in [0.25, 0.3) is 0 Å². The maximum absolute atomic E-state index is 9.88. The van der Waals surface area contributed by atoms with Gasteiger partial charge in [-0.05, 0) is 4.33 Å². The van der Waals surface area contributed by atoms with Gasteiger partial charge < -0.3 is 0 Å². The van der Waals surface area contributed by atoms with Crippen molar-refractivity contribution in [3.05, 3.63) is 10.1 Å². The Morgan fingerprint density at radius 1 is 1.56 bits per heavy atom. The van der Waals surface area contributed by atoms with Gasteiger partial charge in [0, 0.05) is 0 Å². The summed E-state index contributed by atoms with van der Waals surface area (Å²) in [6.07, 6.45) is 0. The summed E-state index contributed by atoms with van der Waals surface area (Å²) in [6, 6.07) is 0. The van der Waals surface area contributed by atoms with Crippen LogP contribution in [-0.4, -0.2) is 19.9 Å². The SMILES string of the molecule is COOS(=O)(=O)[N+](=O)[O-]. The van der Waals surface area contributed by atoms with E-state index in [0.29, 0.717) is 0 Å². The summed E-state index contributed by atoms with van der Waals surface area (Å²) < 4.78 is 21.4. The minimum atomic E-state index is -4.75. The van der Waals surface area contributed by atoms with Crippen LogP contribution in [0, 0.1) is 10.1 Å². The van der Waals surface area contributed by atoms with Crippen LogP contribution in [0.3, 0.4) is 0 Å². The highest BCUT2D eigenvalue weighted by Crippen LogP contribution is 1.91. The Kier molecular flexibility index (Phi) is 2.49. The average molecular weight is 157 g/mol. The Hall–Kier alpha value is -0.730. The molecule has 0 fully saturated rings. The predicted molar refractivity (Wildman–Crippen MR) is 24.0 cm³/mol. The number of nitrogens with zero attached hydrogens (tertiary/aromatic N) is 1. The zero-order chi connectivity index (χ0) is 7.49. The van der Waals surface area contributed by atoms with E-state index in [1.165, 1.54) is 0 Å². The van der Waals surface area contributed by atoms with E-state index in [-0.39, 0.29) is 0 Å². The van der Waals surface area contributed by atoms with Crippen molar-refractivity contribution in [2.75, 3.05) is 7.11 Å². The fraction of sp³-hybridized carbons (Fsp3) is 1.00. The topological polar surface area (TPSA) is 95.7 Å². The molecule has 0 rings (SSSR count). The van der Waals surface area contributed by atoms with Crippen molar-refractivity contribution >= 4 is 10.3 Å². The quantitative estimate of drug-likeness (QED) is 0.299. The van der Waals surface area contributed by atoms with Crippen molar-refractivity contribution in [3.63, 3.8) is 0 Å². The fourth-order valence-electron chi connectivity index (χ4n) is 0.111. The van der Waals surface area contributed by atoms with Crippen molar-refractivity contribution in [3.8, 4) is 0 Å². The summed E-state index contributed by atoms with van der Waals surface area (Å²) in [5, 5.41) is 9.42. The third-order valence-electron chi connectivity index (χ3n) is 0.337. The summed E-state index contributed by atoms with van der Waals surface area (Å²) in [5.41, 5.74) is 0. The molecule has 54 valence electrons. The van der Waals surface area contributed by atoms with Crippen LogP contribution in [0.5, 0.6) is 0 Å². The fourth-order valence-corrected chi connectivity index (χ4v) is 0.332. The summed E-state index contributed by atoms with van der Waals surface area (Å²) in [5.74, 6) is 0. The molecule has 0 amide bonds. The van der Waals surface area contributed by atoms with Gasteiger partial charge >= 0.3 is 10.3 Å². The monoisotopic (exact) mass is 157 g/mol. The lowest BCUT2D eigenvalue weighted by molar-refractivity contribution is -0.346. The molecule has 0 unspecified atom stereocenters. The van der Waals surface area contributed by atoms with Gasteiger partial charge in [-0.1, -0.05) is 0 Å². The lowest BCUT2D eigenvalue weighted by Crippen LogP contribution is -2.14. The molecule has 7 nitrogen and oxygen atoms in total. The third kappa shape index (κ3) is 2.35. The van der Waals surface area contributed by atoms with Gasteiger partial charge in [0.05, 0.1) is 7.11 Å². The molecule has 0 aromatic rings. The Morgan fingerprint density at radius 2 is 2.00 bits per heavy atom. The standard InChI is InChI=1S/CH3NO6S/c1-7-8-9(5,6)2(3)4/h1H3. The number of rotatable bonds is 3. The third-order valence-corrected chi connectivity index (χ3v) is 1.01. The van der Waals surface area contributed by atoms with E-state index in [2.05, 4.69) is 9.22 Å². The Balaban J connectivity index is 4.23. The maximum Gasteiger partial charge on any atom is 0.594 e. The Bertz CT molecular complexity index is 191. The van der Waals surface area contributed by atoms with Gasteiger partial charge in [0.1, 0.15) is 0 Å². The zero-order valence-corrected chi connectivity index (χ0v) is 5.12. The average Bonchev–Trinajstić information content (AvgIpc) is 1.65. The smallest absolute Gasteiger partial charge is 0.245 e. The second-order valence-electron chi connectivity index (χ2n) is 0.886. The van der Waals surface area contributed by atoms with Gasteiger partial charge in [0.15, 0.2) is 4.33 Å². The van der Waals surface area contributed by atoms with Crippen LogP contribution >= 0.6 is 0 Å². The highest BCUT2D eigenvalue weighted by atomic mass is 32.2. The van der Waals surface area contributed by atoms with Crippen molar-refractivity contribution in [1.82, 2.24) is 0 Å². The van der Waals surface area contributed by atoms with Crippen LogP contribution in [0.2, 0.25) is 0 Å². The molecule has 0 atom stereocenters. The van der Waals surface area contributed by atoms with E-state index in [0.717, 1.165) is 7.11 Å². The Labute approximate surface area is 50.5 Å². The van der Waals surface area contributed by atoms with E-state index in [9.17, 15) is 18.5 Å². The molecule has 0 aromatic carbocycles. The van der Waals surface area contributed by atoms with Crippen LogP contribution < -0.4 is 0 Å². The van der Waals surface area contributed by atoms with Gasteiger partial charge in [-0.2, -0.15) is 0 Å². The molecule has 0 spiro atoms. The molecular formula is CH3NO6S. The molecule has 0 aliphatic rings. The van der Waals surface area contributed by atoms with Gasteiger partial charge in [-0.3, -0.25) is 0 Å². The van der Waals surface area contributed by atoms with Crippen LogP contribution in [0.15, 0.2) is 0 Å². The van der Waals surface area contributed by atoms with E-state index in [4.69, 9.17) is 0 Å². The van der Waals surface area contributed by atoms with Crippen molar-refractivity contribution in [1.29, 1.82) is 0 Å². The number of hydrogen-bond donors (Lipinski definition) is 0. The first-order valence-electron chi connectivity index (χ1n) is 1.62. The minimum Gasteiger partial charge on any atom is -0.245 e. The first-order chi connectivity index (χ1) is 4.00. The molecule has 0 radical (unpaired) electrons. The first kappa shape index (κ1) is 8.27. The number of hydrogen-bond acceptors (Lipinski definition) is 6. The highest BCUT2D eigenvalue weighted by Gasteiger charge is 2.25. The first-order valence-corrected chi connectivity index (χ1v) is 2.99. The Morgan fingerprint density at radius 3 is 2.11 bits per heavy atom. The molecule has 0 heterocycles. The second-order valence-corrected chi connectivity index (χ2v) is 2.18. The largest absolute Gasteiger partial charge is 0.594 e. The van der Waals surface area contributed by atoms with E-state index < -0.39 is 14.6 Å². The van der Waals surface area contributed by atoms with Gasteiger partial charge in [-0.15, -0.1) is 8.42 Å². The van der Waals surface area contributed by atoms with E-state index >= 15 is 0 Å².